The Balaban J connectivity index is 2.60. The summed E-state index contributed by atoms with van der Waals surface area (Å²) in [7, 11) is 0. The predicted octanol–water partition coefficient (Wildman–Crippen LogP) is 1.20. The zero-order valence-corrected chi connectivity index (χ0v) is 7.63. The predicted molar refractivity (Wildman–Crippen MR) is 47.8 cm³/mol. The monoisotopic (exact) mass is 183 g/mol. The average Bonchev–Trinajstić information content (AvgIpc) is 2.01. The van der Waals surface area contributed by atoms with Crippen LogP contribution in [-0.2, 0) is 0 Å². The molecule has 1 rings (SSSR count). The first-order valence-corrected chi connectivity index (χ1v) is 3.97. The molecule has 0 spiro atoms. The minimum atomic E-state index is -0.885. The number of pyridine rings is 1. The van der Waals surface area contributed by atoms with E-state index in [0.29, 0.717) is 0 Å². The summed E-state index contributed by atoms with van der Waals surface area (Å²) in [5, 5.41) is 12.0. The van der Waals surface area contributed by atoms with Crippen LogP contribution in [0.5, 0.6) is 0 Å². The summed E-state index contributed by atoms with van der Waals surface area (Å²) in [5.41, 5.74) is -0.885. The molecule has 13 heavy (non-hydrogen) atoms. The SMILES string of the molecule is CC(C)(O)CNc1ncc[c]c1F. The Morgan fingerprint density at radius 3 is 2.92 bits per heavy atom. The first-order chi connectivity index (χ1) is 5.99. The maximum Gasteiger partial charge on any atom is 0.173 e. The van der Waals surface area contributed by atoms with Gasteiger partial charge in [0.25, 0.3) is 0 Å². The molecule has 0 saturated heterocycles. The molecular formula is C9H12FN2O. The van der Waals surface area contributed by atoms with E-state index in [4.69, 9.17) is 0 Å². The number of hydrogen-bond donors (Lipinski definition) is 2. The van der Waals surface area contributed by atoms with E-state index in [9.17, 15) is 9.50 Å². The Hall–Kier alpha value is -1.16. The van der Waals surface area contributed by atoms with Crippen LogP contribution in [0.4, 0.5) is 10.2 Å². The molecule has 71 valence electrons. The fourth-order valence-electron chi connectivity index (χ4n) is 0.771. The lowest BCUT2D eigenvalue weighted by atomic mass is 10.1. The Bertz CT molecular complexity index is 283. The van der Waals surface area contributed by atoms with E-state index < -0.39 is 11.4 Å². The van der Waals surface area contributed by atoms with Crippen LogP contribution in [0.2, 0.25) is 0 Å². The van der Waals surface area contributed by atoms with Crippen molar-refractivity contribution in [2.45, 2.75) is 19.4 Å². The van der Waals surface area contributed by atoms with E-state index in [0.717, 1.165) is 0 Å². The maximum absolute atomic E-state index is 12.9. The highest BCUT2D eigenvalue weighted by molar-refractivity contribution is 5.35. The van der Waals surface area contributed by atoms with E-state index in [1.165, 1.54) is 12.3 Å². The molecule has 0 saturated carbocycles. The van der Waals surface area contributed by atoms with Crippen LogP contribution in [0.3, 0.4) is 0 Å². The third kappa shape index (κ3) is 3.38. The number of aliphatic hydroxyl groups is 1. The number of rotatable bonds is 3. The summed E-state index contributed by atoms with van der Waals surface area (Å²) in [5.74, 6) is -0.420. The summed E-state index contributed by atoms with van der Waals surface area (Å²) in [4.78, 5) is 3.75. The van der Waals surface area contributed by atoms with Crippen LogP contribution < -0.4 is 5.32 Å². The summed E-state index contributed by atoms with van der Waals surface area (Å²) in [6.07, 6.45) is 1.44. The van der Waals surface area contributed by atoms with Crippen LogP contribution in [0.25, 0.3) is 0 Å². The molecule has 2 N–H and O–H groups in total. The molecule has 0 amide bonds. The van der Waals surface area contributed by atoms with Gasteiger partial charge < -0.3 is 10.4 Å². The van der Waals surface area contributed by atoms with Crippen molar-refractivity contribution in [1.82, 2.24) is 4.98 Å². The lowest BCUT2D eigenvalue weighted by molar-refractivity contribution is 0.0943. The van der Waals surface area contributed by atoms with Crippen molar-refractivity contribution in [2.75, 3.05) is 11.9 Å². The molecular weight excluding hydrogens is 171 g/mol. The molecule has 0 fully saturated rings. The van der Waals surface area contributed by atoms with Gasteiger partial charge in [-0.1, -0.05) is 0 Å². The van der Waals surface area contributed by atoms with Crippen LogP contribution in [0, 0.1) is 11.9 Å². The largest absolute Gasteiger partial charge is 0.389 e. The average molecular weight is 183 g/mol. The smallest absolute Gasteiger partial charge is 0.173 e. The summed E-state index contributed by atoms with van der Waals surface area (Å²) in [6, 6.07) is 3.76. The van der Waals surface area contributed by atoms with Gasteiger partial charge in [-0.05, 0) is 19.9 Å². The van der Waals surface area contributed by atoms with Gasteiger partial charge in [-0.25, -0.2) is 9.37 Å². The van der Waals surface area contributed by atoms with Crippen molar-refractivity contribution in [2.24, 2.45) is 0 Å². The second-order valence-electron chi connectivity index (χ2n) is 3.42. The van der Waals surface area contributed by atoms with Gasteiger partial charge in [-0.15, -0.1) is 0 Å². The molecule has 0 aromatic carbocycles. The van der Waals surface area contributed by atoms with Crippen molar-refractivity contribution in [1.29, 1.82) is 0 Å². The minimum absolute atomic E-state index is 0.115. The number of hydrogen-bond acceptors (Lipinski definition) is 3. The minimum Gasteiger partial charge on any atom is -0.389 e. The molecule has 4 heteroatoms. The highest BCUT2D eigenvalue weighted by Gasteiger charge is 2.13. The zero-order valence-electron chi connectivity index (χ0n) is 7.63. The Kier molecular flexibility index (Phi) is 2.83. The second-order valence-corrected chi connectivity index (χ2v) is 3.42. The van der Waals surface area contributed by atoms with Crippen molar-refractivity contribution < 1.29 is 9.50 Å². The second kappa shape index (κ2) is 3.70. The summed E-state index contributed by atoms with van der Waals surface area (Å²) >= 11 is 0. The van der Waals surface area contributed by atoms with Crippen LogP contribution in [-0.4, -0.2) is 22.2 Å². The van der Waals surface area contributed by atoms with E-state index in [1.807, 2.05) is 0 Å². The van der Waals surface area contributed by atoms with E-state index in [2.05, 4.69) is 16.4 Å². The summed E-state index contributed by atoms with van der Waals surface area (Å²) < 4.78 is 12.9. The van der Waals surface area contributed by atoms with Crippen molar-refractivity contribution in [3.8, 4) is 0 Å². The van der Waals surface area contributed by atoms with Gasteiger partial charge in [0.2, 0.25) is 0 Å². The zero-order chi connectivity index (χ0) is 9.90. The topological polar surface area (TPSA) is 45.1 Å². The van der Waals surface area contributed by atoms with Gasteiger partial charge in [0.05, 0.1) is 5.60 Å². The Morgan fingerprint density at radius 1 is 1.69 bits per heavy atom. The van der Waals surface area contributed by atoms with E-state index in [-0.39, 0.29) is 12.4 Å². The Morgan fingerprint density at radius 2 is 2.38 bits per heavy atom. The number of aromatic nitrogens is 1. The lowest BCUT2D eigenvalue weighted by Gasteiger charge is -2.17. The highest BCUT2D eigenvalue weighted by Crippen LogP contribution is 2.09. The van der Waals surface area contributed by atoms with E-state index >= 15 is 0 Å². The Labute approximate surface area is 76.6 Å². The highest BCUT2D eigenvalue weighted by atomic mass is 19.1. The van der Waals surface area contributed by atoms with Gasteiger partial charge in [0, 0.05) is 18.8 Å². The van der Waals surface area contributed by atoms with Crippen LogP contribution >= 0.6 is 0 Å². The normalized spacial score (nSPS) is 11.4. The van der Waals surface area contributed by atoms with Gasteiger partial charge >= 0.3 is 0 Å². The first-order valence-electron chi connectivity index (χ1n) is 3.97. The van der Waals surface area contributed by atoms with Gasteiger partial charge in [-0.3, -0.25) is 0 Å². The van der Waals surface area contributed by atoms with Gasteiger partial charge in [-0.2, -0.15) is 0 Å². The van der Waals surface area contributed by atoms with Crippen LogP contribution in [0.15, 0.2) is 12.3 Å². The third-order valence-corrected chi connectivity index (χ3v) is 1.38. The molecule has 0 atom stereocenters. The fraction of sp³-hybridized carbons (Fsp3) is 0.444. The lowest BCUT2D eigenvalue weighted by Crippen LogP contribution is -2.29. The number of anilines is 1. The molecule has 1 radical (unpaired) electrons. The molecule has 0 unspecified atom stereocenters. The van der Waals surface area contributed by atoms with Crippen molar-refractivity contribution >= 4 is 5.82 Å². The molecule has 1 heterocycles. The molecule has 1 aromatic rings. The third-order valence-electron chi connectivity index (χ3n) is 1.38. The van der Waals surface area contributed by atoms with Crippen molar-refractivity contribution in [3.63, 3.8) is 0 Å². The molecule has 0 aliphatic heterocycles. The van der Waals surface area contributed by atoms with Gasteiger partial charge in [0.15, 0.2) is 11.6 Å². The molecule has 1 aromatic heterocycles. The molecule has 0 aliphatic rings. The maximum atomic E-state index is 12.9. The molecule has 3 nitrogen and oxygen atoms in total. The van der Waals surface area contributed by atoms with E-state index in [1.54, 1.807) is 13.8 Å². The number of nitrogens with zero attached hydrogens (tertiary/aromatic N) is 1. The standard InChI is InChI=1S/C9H12FN2O/c1-9(2,13)6-12-8-7(10)4-3-5-11-8/h3,5,13H,6H2,1-2H3,(H,11,12). The summed E-state index contributed by atoms with van der Waals surface area (Å²) in [6.45, 7) is 3.50. The van der Waals surface area contributed by atoms with Crippen LogP contribution in [0.1, 0.15) is 13.8 Å². The van der Waals surface area contributed by atoms with Crippen molar-refractivity contribution in [3.05, 3.63) is 24.1 Å². The number of nitrogens with one attached hydrogen (secondary N) is 1. The molecule has 0 aliphatic carbocycles. The quantitative estimate of drug-likeness (QED) is 0.740. The number of halogens is 1. The fourth-order valence-corrected chi connectivity index (χ4v) is 0.771. The molecule has 0 bridgehead atoms. The van der Waals surface area contributed by atoms with Gasteiger partial charge in [0.1, 0.15) is 0 Å². The first kappa shape index (κ1) is 9.92.